The molecule has 2 heterocycles. The molecule has 2 aromatic carbocycles. The minimum atomic E-state index is -0.971. The summed E-state index contributed by atoms with van der Waals surface area (Å²) >= 11 is 1.15. The number of amides is 1. The lowest BCUT2D eigenvalue weighted by molar-refractivity contribution is -0.387. The number of carbonyl (C=O) groups excluding carboxylic acids is 1. The van der Waals surface area contributed by atoms with Gasteiger partial charge in [-0.25, -0.2) is 0 Å². The van der Waals surface area contributed by atoms with Crippen LogP contribution in [0.3, 0.4) is 0 Å². The number of nitro groups is 1. The third kappa shape index (κ3) is 4.83. The van der Waals surface area contributed by atoms with Gasteiger partial charge in [-0.05, 0) is 29.8 Å². The largest absolute Gasteiger partial charge is 0.461 e. The Hall–Kier alpha value is -3.99. The molecule has 4 rings (SSSR count). The third-order valence-corrected chi connectivity index (χ3v) is 5.37. The normalized spacial score (nSPS) is 10.8. The van der Waals surface area contributed by atoms with E-state index in [0.29, 0.717) is 23.3 Å². The number of benzene rings is 2. The number of nitrogens with zero attached hydrogens (tertiary/aromatic N) is 4. The van der Waals surface area contributed by atoms with Crippen LogP contribution >= 0.6 is 11.8 Å². The van der Waals surface area contributed by atoms with Crippen molar-refractivity contribution < 1.29 is 18.5 Å². The van der Waals surface area contributed by atoms with E-state index in [2.05, 4.69) is 15.5 Å². The Balaban J connectivity index is 1.50. The summed E-state index contributed by atoms with van der Waals surface area (Å²) in [5.74, 6) is -0.359. The summed E-state index contributed by atoms with van der Waals surface area (Å²) in [6, 6.07) is 16.4. The Labute approximate surface area is 185 Å². The molecule has 9 nitrogen and oxygen atoms in total. The van der Waals surface area contributed by atoms with Gasteiger partial charge in [0.25, 0.3) is 0 Å². The lowest BCUT2D eigenvalue weighted by atomic mass is 10.2. The van der Waals surface area contributed by atoms with Gasteiger partial charge in [0, 0.05) is 11.8 Å². The predicted octanol–water partition coefficient (Wildman–Crippen LogP) is 4.36. The van der Waals surface area contributed by atoms with E-state index in [9.17, 15) is 19.3 Å². The van der Waals surface area contributed by atoms with Gasteiger partial charge in [-0.2, -0.15) is 4.39 Å². The highest BCUT2D eigenvalue weighted by Gasteiger charge is 2.19. The number of hydrogen-bond acceptors (Lipinski definition) is 7. The molecule has 0 saturated heterocycles. The van der Waals surface area contributed by atoms with Crippen molar-refractivity contribution in [3.63, 3.8) is 0 Å². The average Bonchev–Trinajstić information content (AvgIpc) is 3.44. The SMILES string of the molecule is O=C(CSc1nnc(-c2ccco2)n1Cc1ccccc1)Nc1ccc(F)c([N+](=O)[O-])c1. The first-order valence-corrected chi connectivity index (χ1v) is 10.4. The van der Waals surface area contributed by atoms with Gasteiger partial charge in [0.05, 0.1) is 23.5 Å². The molecule has 0 saturated carbocycles. The zero-order chi connectivity index (χ0) is 22.5. The van der Waals surface area contributed by atoms with Gasteiger partial charge in [0.15, 0.2) is 10.9 Å². The summed E-state index contributed by atoms with van der Waals surface area (Å²) in [5.41, 5.74) is 0.442. The maximum atomic E-state index is 13.5. The molecule has 4 aromatic rings. The quantitative estimate of drug-likeness (QED) is 0.239. The summed E-state index contributed by atoms with van der Waals surface area (Å²) in [4.78, 5) is 22.4. The first-order valence-electron chi connectivity index (χ1n) is 9.39. The fraction of sp³-hybridized carbons (Fsp3) is 0.0952. The molecule has 0 aliphatic rings. The summed E-state index contributed by atoms with van der Waals surface area (Å²) in [6.07, 6.45) is 1.54. The van der Waals surface area contributed by atoms with Crippen molar-refractivity contribution in [1.82, 2.24) is 14.8 Å². The monoisotopic (exact) mass is 453 g/mol. The van der Waals surface area contributed by atoms with Crippen LogP contribution in [0.5, 0.6) is 0 Å². The van der Waals surface area contributed by atoms with Crippen molar-refractivity contribution >= 4 is 29.0 Å². The van der Waals surface area contributed by atoms with Crippen molar-refractivity contribution in [3.8, 4) is 11.6 Å². The Bertz CT molecular complexity index is 1240. The van der Waals surface area contributed by atoms with Crippen molar-refractivity contribution in [2.75, 3.05) is 11.1 Å². The molecule has 0 aliphatic heterocycles. The number of anilines is 1. The topological polar surface area (TPSA) is 116 Å². The van der Waals surface area contributed by atoms with E-state index < -0.39 is 22.3 Å². The minimum Gasteiger partial charge on any atom is -0.461 e. The number of nitro benzene ring substituents is 1. The van der Waals surface area contributed by atoms with E-state index in [1.54, 1.807) is 18.4 Å². The molecule has 0 radical (unpaired) electrons. The van der Waals surface area contributed by atoms with Crippen LogP contribution in [0.1, 0.15) is 5.56 Å². The maximum absolute atomic E-state index is 13.5. The lowest BCUT2D eigenvalue weighted by Gasteiger charge is -2.09. The van der Waals surface area contributed by atoms with Crippen molar-refractivity contribution in [3.05, 3.63) is 88.4 Å². The van der Waals surface area contributed by atoms with Gasteiger partial charge >= 0.3 is 5.69 Å². The van der Waals surface area contributed by atoms with E-state index in [0.717, 1.165) is 29.5 Å². The second kappa shape index (κ2) is 9.43. The zero-order valence-corrected chi connectivity index (χ0v) is 17.3. The van der Waals surface area contributed by atoms with Gasteiger partial charge in [0.2, 0.25) is 17.5 Å². The number of carbonyl (C=O) groups is 1. The molecular weight excluding hydrogens is 437 g/mol. The number of aromatic nitrogens is 3. The summed E-state index contributed by atoms with van der Waals surface area (Å²) < 4.78 is 20.8. The van der Waals surface area contributed by atoms with Gasteiger partial charge in [-0.3, -0.25) is 19.5 Å². The first kappa shape index (κ1) is 21.2. The van der Waals surface area contributed by atoms with Gasteiger partial charge in [-0.1, -0.05) is 42.1 Å². The number of halogens is 1. The minimum absolute atomic E-state index is 0.0315. The van der Waals surface area contributed by atoms with Crippen molar-refractivity contribution in [1.29, 1.82) is 0 Å². The molecule has 0 unspecified atom stereocenters. The molecule has 0 atom stereocenters. The van der Waals surface area contributed by atoms with Crippen molar-refractivity contribution in [2.24, 2.45) is 0 Å². The van der Waals surface area contributed by atoms with Crippen molar-refractivity contribution in [2.45, 2.75) is 11.7 Å². The second-order valence-corrected chi connectivity index (χ2v) is 7.56. The van der Waals surface area contributed by atoms with E-state index in [4.69, 9.17) is 4.42 Å². The van der Waals surface area contributed by atoms with Crippen LogP contribution in [0.15, 0.2) is 76.5 Å². The molecule has 32 heavy (non-hydrogen) atoms. The Kier molecular flexibility index (Phi) is 6.26. The Morgan fingerprint density at radius 2 is 1.97 bits per heavy atom. The van der Waals surface area contributed by atoms with E-state index in [1.165, 1.54) is 6.07 Å². The van der Waals surface area contributed by atoms with E-state index in [-0.39, 0.29) is 11.4 Å². The third-order valence-electron chi connectivity index (χ3n) is 4.40. The number of furan rings is 1. The molecule has 0 aliphatic carbocycles. The molecule has 0 fully saturated rings. The summed E-state index contributed by atoms with van der Waals surface area (Å²) in [7, 11) is 0. The van der Waals surface area contributed by atoms with E-state index in [1.807, 2.05) is 34.9 Å². The van der Waals surface area contributed by atoms with E-state index >= 15 is 0 Å². The standard InChI is InChI=1S/C21H16FN5O4S/c22-16-9-8-15(11-17(16)27(29)30)23-19(28)13-32-21-25-24-20(18-7-4-10-31-18)26(21)12-14-5-2-1-3-6-14/h1-11H,12-13H2,(H,23,28). The molecular formula is C21H16FN5O4S. The molecule has 1 amide bonds. The fourth-order valence-electron chi connectivity index (χ4n) is 2.95. The first-order chi connectivity index (χ1) is 15.5. The number of rotatable bonds is 8. The molecule has 0 bridgehead atoms. The van der Waals surface area contributed by atoms with Crippen LogP contribution in [0.25, 0.3) is 11.6 Å². The molecule has 1 N–H and O–H groups in total. The Morgan fingerprint density at radius 1 is 1.16 bits per heavy atom. The molecule has 11 heteroatoms. The van der Waals surface area contributed by atoms with Crippen LogP contribution < -0.4 is 5.32 Å². The maximum Gasteiger partial charge on any atom is 0.306 e. The van der Waals surface area contributed by atoms with Crippen LogP contribution in [0, 0.1) is 15.9 Å². The highest BCUT2D eigenvalue weighted by molar-refractivity contribution is 7.99. The predicted molar refractivity (Wildman–Crippen MR) is 116 cm³/mol. The molecule has 0 spiro atoms. The number of thioether (sulfide) groups is 1. The van der Waals surface area contributed by atoms with Crippen LogP contribution in [0.2, 0.25) is 0 Å². The Morgan fingerprint density at radius 3 is 2.69 bits per heavy atom. The highest BCUT2D eigenvalue weighted by atomic mass is 32.2. The lowest BCUT2D eigenvalue weighted by Crippen LogP contribution is -2.15. The summed E-state index contributed by atoms with van der Waals surface area (Å²) in [5, 5.41) is 22.3. The number of hydrogen-bond donors (Lipinski definition) is 1. The average molecular weight is 453 g/mol. The van der Waals surface area contributed by atoms with Gasteiger partial charge in [0.1, 0.15) is 0 Å². The smallest absolute Gasteiger partial charge is 0.306 e. The second-order valence-electron chi connectivity index (χ2n) is 6.62. The highest BCUT2D eigenvalue weighted by Crippen LogP contribution is 2.26. The van der Waals surface area contributed by atoms with Crippen LogP contribution in [-0.4, -0.2) is 31.3 Å². The van der Waals surface area contributed by atoms with Crippen LogP contribution in [-0.2, 0) is 11.3 Å². The fourth-order valence-corrected chi connectivity index (χ4v) is 3.69. The summed E-state index contributed by atoms with van der Waals surface area (Å²) in [6.45, 7) is 0.470. The van der Waals surface area contributed by atoms with Gasteiger partial charge in [-0.15, -0.1) is 10.2 Å². The molecule has 162 valence electrons. The zero-order valence-electron chi connectivity index (χ0n) is 16.5. The number of nitrogens with one attached hydrogen (secondary N) is 1. The van der Waals surface area contributed by atoms with Gasteiger partial charge < -0.3 is 9.73 Å². The molecule has 2 aromatic heterocycles. The van der Waals surface area contributed by atoms with Crippen LogP contribution in [0.4, 0.5) is 15.8 Å².